The van der Waals surface area contributed by atoms with Crippen LogP contribution in [-0.2, 0) is 4.79 Å². The fourth-order valence-electron chi connectivity index (χ4n) is 2.58. The minimum absolute atomic E-state index is 0.617. The van der Waals surface area contributed by atoms with E-state index in [4.69, 9.17) is 0 Å². The molecule has 2 nitrogen and oxygen atoms in total. The number of carbonyl (C=O) groups excluding carboxylic acids is 1. The fourth-order valence-corrected chi connectivity index (χ4v) is 2.58. The first-order valence-electron chi connectivity index (χ1n) is 7.17. The molecule has 1 aliphatic rings. The van der Waals surface area contributed by atoms with Crippen LogP contribution in [0, 0.1) is 5.92 Å². The molecule has 0 spiro atoms. The molecule has 0 atom stereocenters. The third-order valence-electron chi connectivity index (χ3n) is 3.64. The van der Waals surface area contributed by atoms with Crippen LogP contribution in [0.3, 0.4) is 0 Å². The maximum Gasteiger partial charge on any atom is 0.239 e. The van der Waals surface area contributed by atoms with E-state index in [0.717, 1.165) is 0 Å². The van der Waals surface area contributed by atoms with Gasteiger partial charge < -0.3 is 0 Å². The second kappa shape index (κ2) is 10.3. The molecule has 0 aromatic heterocycles. The van der Waals surface area contributed by atoms with E-state index in [2.05, 4.69) is 11.1 Å². The van der Waals surface area contributed by atoms with Crippen molar-refractivity contribution in [1.82, 2.24) is 0 Å². The topological polar surface area (TPSA) is 29.4 Å². The zero-order valence-electron chi connectivity index (χ0n) is 10.9. The van der Waals surface area contributed by atoms with Crippen molar-refractivity contribution in [2.24, 2.45) is 10.9 Å². The van der Waals surface area contributed by atoms with Crippen LogP contribution in [0.25, 0.3) is 0 Å². The Hall–Kier alpha value is -0.880. The van der Waals surface area contributed by atoms with Crippen LogP contribution in [-0.4, -0.2) is 6.08 Å². The van der Waals surface area contributed by atoms with E-state index in [1.165, 1.54) is 70.6 Å². The summed E-state index contributed by atoms with van der Waals surface area (Å²) in [5.41, 5.74) is 0. The van der Waals surface area contributed by atoms with E-state index in [1.807, 2.05) is 0 Å². The Morgan fingerprint density at radius 3 is 1.76 bits per heavy atom. The Labute approximate surface area is 105 Å². The second-order valence-electron chi connectivity index (χ2n) is 5.08. The average Bonchev–Trinajstić information content (AvgIpc) is 2.32. The highest BCUT2D eigenvalue weighted by atomic mass is 16.1. The number of allylic oxidation sites excluding steroid dienone is 1. The van der Waals surface area contributed by atoms with Crippen LogP contribution in [0.1, 0.15) is 70.6 Å². The highest BCUT2D eigenvalue weighted by molar-refractivity contribution is 5.34. The number of hydrogen-bond acceptors (Lipinski definition) is 2. The van der Waals surface area contributed by atoms with Gasteiger partial charge in [0.25, 0.3) is 0 Å². The van der Waals surface area contributed by atoms with Gasteiger partial charge in [-0.25, -0.2) is 4.79 Å². The van der Waals surface area contributed by atoms with Gasteiger partial charge in [0.05, 0.1) is 0 Å². The van der Waals surface area contributed by atoms with Crippen LogP contribution in [0.2, 0.25) is 0 Å². The van der Waals surface area contributed by atoms with Crippen molar-refractivity contribution in [2.75, 3.05) is 0 Å². The number of isocyanates is 1. The Bertz CT molecular complexity index is 242. The van der Waals surface area contributed by atoms with Gasteiger partial charge in [-0.1, -0.05) is 63.9 Å². The first kappa shape index (κ1) is 14.2. The Morgan fingerprint density at radius 2 is 1.29 bits per heavy atom. The van der Waals surface area contributed by atoms with E-state index in [1.54, 1.807) is 12.3 Å². The fraction of sp³-hybridized carbons (Fsp3) is 0.800. The second-order valence-corrected chi connectivity index (χ2v) is 5.08. The third kappa shape index (κ3) is 7.93. The summed E-state index contributed by atoms with van der Waals surface area (Å²) < 4.78 is 0. The Kier molecular flexibility index (Phi) is 8.58. The van der Waals surface area contributed by atoms with Crippen molar-refractivity contribution in [3.8, 4) is 0 Å². The third-order valence-corrected chi connectivity index (χ3v) is 3.64. The molecule has 0 aromatic carbocycles. The van der Waals surface area contributed by atoms with Gasteiger partial charge in [-0.3, -0.25) is 0 Å². The van der Waals surface area contributed by atoms with Gasteiger partial charge in [0, 0.05) is 6.20 Å². The van der Waals surface area contributed by atoms with E-state index < -0.39 is 0 Å². The molecular weight excluding hydrogens is 210 g/mol. The van der Waals surface area contributed by atoms with Crippen molar-refractivity contribution in [2.45, 2.75) is 70.6 Å². The predicted molar refractivity (Wildman–Crippen MR) is 71.5 cm³/mol. The molecular formula is C15H25NO. The highest BCUT2D eigenvalue weighted by Gasteiger charge is 2.05. The van der Waals surface area contributed by atoms with Crippen molar-refractivity contribution in [1.29, 1.82) is 0 Å². The minimum atomic E-state index is 0.617. The molecule has 0 heterocycles. The number of rotatable bonds is 2. The molecule has 0 N–H and O–H groups in total. The monoisotopic (exact) mass is 235 g/mol. The van der Waals surface area contributed by atoms with Gasteiger partial charge in [-0.05, 0) is 18.8 Å². The molecule has 1 fully saturated rings. The zero-order chi connectivity index (χ0) is 12.2. The molecule has 0 saturated heterocycles. The molecule has 0 unspecified atom stereocenters. The van der Waals surface area contributed by atoms with Gasteiger partial charge >= 0.3 is 0 Å². The lowest BCUT2D eigenvalue weighted by atomic mass is 9.93. The molecule has 2 heteroatoms. The molecule has 1 aliphatic carbocycles. The first-order chi connectivity index (χ1) is 8.43. The normalized spacial score (nSPS) is 21.4. The maximum atomic E-state index is 10.0. The smallest absolute Gasteiger partial charge is 0.211 e. The van der Waals surface area contributed by atoms with Crippen LogP contribution in [0.15, 0.2) is 17.3 Å². The summed E-state index contributed by atoms with van der Waals surface area (Å²) in [6.07, 6.45) is 20.2. The average molecular weight is 235 g/mol. The van der Waals surface area contributed by atoms with E-state index >= 15 is 0 Å². The quantitative estimate of drug-likeness (QED) is 0.501. The number of aliphatic imine (C=N–C) groups is 1. The Morgan fingerprint density at radius 1 is 0.824 bits per heavy atom. The van der Waals surface area contributed by atoms with Gasteiger partial charge in [-0.2, -0.15) is 4.99 Å². The van der Waals surface area contributed by atoms with E-state index in [-0.39, 0.29) is 0 Å². The van der Waals surface area contributed by atoms with Crippen molar-refractivity contribution in [3.63, 3.8) is 0 Å². The van der Waals surface area contributed by atoms with Crippen LogP contribution < -0.4 is 0 Å². The molecule has 17 heavy (non-hydrogen) atoms. The summed E-state index contributed by atoms with van der Waals surface area (Å²) in [6, 6.07) is 0. The lowest BCUT2D eigenvalue weighted by Gasteiger charge is -2.13. The summed E-state index contributed by atoms with van der Waals surface area (Å²) in [5, 5.41) is 0. The zero-order valence-corrected chi connectivity index (χ0v) is 10.9. The number of hydrogen-bond donors (Lipinski definition) is 0. The first-order valence-corrected chi connectivity index (χ1v) is 7.17. The van der Waals surface area contributed by atoms with Crippen LogP contribution >= 0.6 is 0 Å². The summed E-state index contributed by atoms with van der Waals surface area (Å²) in [5.74, 6) is 0.617. The van der Waals surface area contributed by atoms with Gasteiger partial charge in [0.2, 0.25) is 6.08 Å². The lowest BCUT2D eigenvalue weighted by molar-refractivity contribution is 0.449. The molecule has 0 aromatic rings. The minimum Gasteiger partial charge on any atom is -0.211 e. The molecule has 0 amide bonds. The van der Waals surface area contributed by atoms with E-state index in [0.29, 0.717) is 5.92 Å². The van der Waals surface area contributed by atoms with Gasteiger partial charge in [-0.15, -0.1) is 0 Å². The van der Waals surface area contributed by atoms with Gasteiger partial charge in [0.15, 0.2) is 0 Å². The largest absolute Gasteiger partial charge is 0.239 e. The summed E-state index contributed by atoms with van der Waals surface area (Å²) in [7, 11) is 0. The van der Waals surface area contributed by atoms with Crippen molar-refractivity contribution in [3.05, 3.63) is 12.3 Å². The molecule has 96 valence electrons. The molecule has 0 radical (unpaired) electrons. The van der Waals surface area contributed by atoms with Gasteiger partial charge in [0.1, 0.15) is 0 Å². The summed E-state index contributed by atoms with van der Waals surface area (Å²) in [4.78, 5) is 13.5. The standard InChI is InChI=1S/C15H25NO/c17-14-16-13-12-15-10-8-6-4-2-1-3-5-7-9-11-15/h12-13,15H,1-11H2/b13-12+. The Balaban J connectivity index is 2.34. The van der Waals surface area contributed by atoms with Crippen LogP contribution in [0.5, 0.6) is 0 Å². The summed E-state index contributed by atoms with van der Waals surface area (Å²) in [6.45, 7) is 0. The summed E-state index contributed by atoms with van der Waals surface area (Å²) >= 11 is 0. The number of nitrogens with zero attached hydrogens (tertiary/aromatic N) is 1. The van der Waals surface area contributed by atoms with E-state index in [9.17, 15) is 4.79 Å². The van der Waals surface area contributed by atoms with Crippen LogP contribution in [0.4, 0.5) is 0 Å². The molecule has 1 saturated carbocycles. The van der Waals surface area contributed by atoms with Crippen molar-refractivity contribution >= 4 is 6.08 Å². The SMILES string of the molecule is O=C=N/C=C/C1CCCCCCCCCCC1. The maximum absolute atomic E-state index is 10.0. The molecule has 1 rings (SSSR count). The molecule has 0 aliphatic heterocycles. The lowest BCUT2D eigenvalue weighted by Crippen LogP contribution is -1.98. The predicted octanol–water partition coefficient (Wildman–Crippen LogP) is 4.76. The molecule has 0 bridgehead atoms. The van der Waals surface area contributed by atoms with Crippen molar-refractivity contribution < 1.29 is 4.79 Å². The highest BCUT2D eigenvalue weighted by Crippen LogP contribution is 2.21.